The number of hydrogen-bond donors (Lipinski definition) is 1. The summed E-state index contributed by atoms with van der Waals surface area (Å²) in [4.78, 5) is 15.3. The fourth-order valence-electron chi connectivity index (χ4n) is 4.26. The second kappa shape index (κ2) is 10.1. The Morgan fingerprint density at radius 2 is 1.91 bits per heavy atom. The maximum absolute atomic E-state index is 13.4. The molecule has 0 atom stereocenters. The van der Waals surface area contributed by atoms with Gasteiger partial charge in [-0.05, 0) is 56.0 Å². The number of benzene rings is 2. The summed E-state index contributed by atoms with van der Waals surface area (Å²) in [6, 6.07) is 16.7. The van der Waals surface area contributed by atoms with E-state index in [-0.39, 0.29) is 18.3 Å². The third kappa shape index (κ3) is 5.13. The van der Waals surface area contributed by atoms with Crippen molar-refractivity contribution in [3.63, 3.8) is 0 Å². The number of methoxy groups -OCH3 is 1. The Morgan fingerprint density at radius 1 is 1.21 bits per heavy atom. The molecule has 0 saturated heterocycles. The van der Waals surface area contributed by atoms with Crippen LogP contribution in [0.15, 0.2) is 48.5 Å². The van der Waals surface area contributed by atoms with Gasteiger partial charge in [0.1, 0.15) is 23.5 Å². The predicted molar refractivity (Wildman–Crippen MR) is 129 cm³/mol. The van der Waals surface area contributed by atoms with Crippen LogP contribution in [0.2, 0.25) is 0 Å². The number of amides is 1. The van der Waals surface area contributed by atoms with Crippen LogP contribution in [0.4, 0.5) is 10.2 Å². The van der Waals surface area contributed by atoms with Crippen molar-refractivity contribution in [3.8, 4) is 11.8 Å². The number of para-hydroxylation sites is 1. The van der Waals surface area contributed by atoms with E-state index in [4.69, 9.17) is 4.74 Å². The Labute approximate surface area is 199 Å². The minimum Gasteiger partial charge on any atom is -0.496 e. The van der Waals surface area contributed by atoms with Gasteiger partial charge >= 0.3 is 0 Å². The third-order valence-electron chi connectivity index (χ3n) is 6.43. The Kier molecular flexibility index (Phi) is 6.99. The molecular weight excluding hydrogens is 431 g/mol. The number of nitrogens with one attached hydrogen (secondary N) is 1. The normalized spacial score (nSPS) is 13.1. The van der Waals surface area contributed by atoms with Gasteiger partial charge in [0.05, 0.1) is 19.2 Å². The summed E-state index contributed by atoms with van der Waals surface area (Å²) in [6.07, 6.45) is 2.12. The zero-order chi connectivity index (χ0) is 24.2. The number of halogens is 1. The first kappa shape index (κ1) is 23.5. The maximum Gasteiger partial charge on any atom is 0.239 e. The summed E-state index contributed by atoms with van der Waals surface area (Å²) in [5, 5.41) is 12.8. The highest BCUT2D eigenvalue weighted by atomic mass is 19.1. The number of aromatic nitrogens is 1. The lowest BCUT2D eigenvalue weighted by Crippen LogP contribution is -2.35. The number of nitriles is 1. The molecule has 1 saturated carbocycles. The van der Waals surface area contributed by atoms with E-state index in [1.807, 2.05) is 42.7 Å². The minimum absolute atomic E-state index is 0.170. The minimum atomic E-state index is -0.300. The van der Waals surface area contributed by atoms with Crippen LogP contribution >= 0.6 is 0 Å². The van der Waals surface area contributed by atoms with Crippen LogP contribution in [-0.4, -0.2) is 35.1 Å². The molecule has 1 aliphatic carbocycles. The molecule has 0 aliphatic heterocycles. The van der Waals surface area contributed by atoms with Gasteiger partial charge in [0.15, 0.2) is 0 Å². The van der Waals surface area contributed by atoms with Crippen molar-refractivity contribution < 1.29 is 13.9 Å². The summed E-state index contributed by atoms with van der Waals surface area (Å²) in [5.74, 6) is 0.821. The highest BCUT2D eigenvalue weighted by Gasteiger charge is 2.31. The molecule has 3 aromatic rings. The van der Waals surface area contributed by atoms with E-state index in [1.54, 1.807) is 19.2 Å². The van der Waals surface area contributed by atoms with Crippen LogP contribution in [0.25, 0.3) is 0 Å². The molecule has 1 aromatic heterocycles. The highest BCUT2D eigenvalue weighted by molar-refractivity contribution is 5.93. The van der Waals surface area contributed by atoms with Crippen LogP contribution in [-0.2, 0) is 17.9 Å². The van der Waals surface area contributed by atoms with Crippen LogP contribution < -0.4 is 10.1 Å². The highest BCUT2D eigenvalue weighted by Crippen LogP contribution is 2.31. The van der Waals surface area contributed by atoms with Gasteiger partial charge in [-0.3, -0.25) is 9.69 Å². The third-order valence-corrected chi connectivity index (χ3v) is 6.43. The van der Waals surface area contributed by atoms with Crippen LogP contribution in [0.5, 0.6) is 5.75 Å². The molecule has 1 N–H and O–H groups in total. The molecule has 1 heterocycles. The van der Waals surface area contributed by atoms with E-state index in [0.717, 1.165) is 41.0 Å². The van der Waals surface area contributed by atoms with Gasteiger partial charge in [0, 0.05) is 30.4 Å². The Bertz CT molecular complexity index is 1220. The summed E-state index contributed by atoms with van der Waals surface area (Å²) >= 11 is 0. The van der Waals surface area contributed by atoms with Gasteiger partial charge in [-0.25, -0.2) is 4.39 Å². The zero-order valence-corrected chi connectivity index (χ0v) is 19.8. The summed E-state index contributed by atoms with van der Waals surface area (Å²) in [7, 11) is 1.65. The smallest absolute Gasteiger partial charge is 0.239 e. The van der Waals surface area contributed by atoms with Gasteiger partial charge in [0.2, 0.25) is 5.91 Å². The molecule has 6 nitrogen and oxygen atoms in total. The quantitative estimate of drug-likeness (QED) is 0.499. The van der Waals surface area contributed by atoms with Crippen LogP contribution in [0.3, 0.4) is 0 Å². The Balaban J connectivity index is 1.55. The van der Waals surface area contributed by atoms with Gasteiger partial charge in [-0.15, -0.1) is 0 Å². The molecule has 1 amide bonds. The van der Waals surface area contributed by atoms with Crippen molar-refractivity contribution in [3.05, 3.63) is 82.3 Å². The summed E-state index contributed by atoms with van der Waals surface area (Å²) in [5.41, 5.74) is 4.09. The molecule has 0 radical (unpaired) electrons. The van der Waals surface area contributed by atoms with E-state index in [1.165, 1.54) is 12.1 Å². The summed E-state index contributed by atoms with van der Waals surface area (Å²) in [6.45, 7) is 5.06. The average molecular weight is 461 g/mol. The molecule has 1 aliphatic rings. The largest absolute Gasteiger partial charge is 0.496 e. The molecule has 0 spiro atoms. The van der Waals surface area contributed by atoms with Crippen molar-refractivity contribution in [1.82, 2.24) is 9.47 Å². The van der Waals surface area contributed by atoms with Gasteiger partial charge in [-0.2, -0.15) is 5.26 Å². The van der Waals surface area contributed by atoms with Crippen LogP contribution in [0.1, 0.15) is 40.8 Å². The standard InChI is InChI=1S/C27H29FN4O2/c1-18-19(2)32(15-20-8-10-22(28)11-9-20)27(24(18)14-29)30-26(33)17-31(23-12-13-23)16-21-6-4-5-7-25(21)34-3/h4-11,23H,12-13,15-17H2,1-3H3,(H,30,33). The first-order chi connectivity index (χ1) is 16.4. The first-order valence-electron chi connectivity index (χ1n) is 11.4. The number of rotatable bonds is 9. The Hall–Kier alpha value is -3.63. The molecule has 4 rings (SSSR count). The van der Waals surface area contributed by atoms with E-state index >= 15 is 0 Å². The topological polar surface area (TPSA) is 70.3 Å². The van der Waals surface area contributed by atoms with Crippen molar-refractivity contribution in [1.29, 1.82) is 5.26 Å². The van der Waals surface area contributed by atoms with Crippen molar-refractivity contribution >= 4 is 11.7 Å². The number of anilines is 1. The molecule has 7 heteroatoms. The predicted octanol–water partition coefficient (Wildman–Crippen LogP) is 4.78. The zero-order valence-electron chi connectivity index (χ0n) is 19.8. The molecular formula is C27H29FN4O2. The van der Waals surface area contributed by atoms with E-state index in [2.05, 4.69) is 16.3 Å². The van der Waals surface area contributed by atoms with Crippen molar-refractivity contribution in [2.45, 2.75) is 45.8 Å². The van der Waals surface area contributed by atoms with E-state index < -0.39 is 0 Å². The molecule has 0 unspecified atom stereocenters. The first-order valence-corrected chi connectivity index (χ1v) is 11.4. The molecule has 1 fully saturated rings. The monoisotopic (exact) mass is 460 g/mol. The lowest BCUT2D eigenvalue weighted by atomic mass is 10.2. The second-order valence-electron chi connectivity index (χ2n) is 8.75. The number of hydrogen-bond acceptors (Lipinski definition) is 4. The van der Waals surface area contributed by atoms with Crippen LogP contribution in [0, 0.1) is 31.0 Å². The number of ether oxygens (including phenoxy) is 1. The van der Waals surface area contributed by atoms with E-state index in [0.29, 0.717) is 30.5 Å². The fraction of sp³-hybridized carbons (Fsp3) is 0.333. The van der Waals surface area contributed by atoms with Crippen molar-refractivity contribution in [2.75, 3.05) is 19.0 Å². The van der Waals surface area contributed by atoms with Gasteiger partial charge < -0.3 is 14.6 Å². The Morgan fingerprint density at radius 3 is 2.56 bits per heavy atom. The number of carbonyl (C=O) groups excluding carboxylic acids is 1. The van der Waals surface area contributed by atoms with Gasteiger partial charge in [-0.1, -0.05) is 30.3 Å². The van der Waals surface area contributed by atoms with Crippen molar-refractivity contribution in [2.24, 2.45) is 0 Å². The fourth-order valence-corrected chi connectivity index (χ4v) is 4.26. The summed E-state index contributed by atoms with van der Waals surface area (Å²) < 4.78 is 20.8. The maximum atomic E-state index is 13.4. The second-order valence-corrected chi connectivity index (χ2v) is 8.75. The lowest BCUT2D eigenvalue weighted by molar-refractivity contribution is -0.117. The lowest BCUT2D eigenvalue weighted by Gasteiger charge is -2.23. The number of nitrogens with zero attached hydrogens (tertiary/aromatic N) is 3. The molecule has 2 aromatic carbocycles. The number of carbonyl (C=O) groups is 1. The molecule has 176 valence electrons. The average Bonchev–Trinajstić information content (AvgIpc) is 3.65. The van der Waals surface area contributed by atoms with E-state index in [9.17, 15) is 14.4 Å². The SMILES string of the molecule is COc1ccccc1CN(CC(=O)Nc1c(C#N)c(C)c(C)n1Cc1ccc(F)cc1)C1CC1. The van der Waals surface area contributed by atoms with Gasteiger partial charge in [0.25, 0.3) is 0 Å². The molecule has 0 bridgehead atoms. The molecule has 34 heavy (non-hydrogen) atoms.